The van der Waals surface area contributed by atoms with Crippen LogP contribution < -0.4 is 10.9 Å². The Morgan fingerprint density at radius 1 is 1.27 bits per heavy atom. The highest BCUT2D eigenvalue weighted by Gasteiger charge is 2.44. The first-order chi connectivity index (χ1) is 14.5. The molecule has 3 atom stereocenters. The van der Waals surface area contributed by atoms with E-state index in [0.29, 0.717) is 24.4 Å². The number of carbonyl (C=O) groups excluding carboxylic acids is 2. The lowest BCUT2D eigenvalue weighted by atomic mass is 9.78. The van der Waals surface area contributed by atoms with Crippen molar-refractivity contribution >= 4 is 17.5 Å². The van der Waals surface area contributed by atoms with Crippen LogP contribution in [0.5, 0.6) is 0 Å². The average molecular weight is 406 g/mol. The van der Waals surface area contributed by atoms with E-state index >= 15 is 0 Å². The molecule has 1 N–H and O–H groups in total. The molecule has 1 fully saturated rings. The van der Waals surface area contributed by atoms with Crippen LogP contribution in [0.1, 0.15) is 36.7 Å². The van der Waals surface area contributed by atoms with Gasteiger partial charge in [-0.05, 0) is 12.5 Å². The zero-order valence-electron chi connectivity index (χ0n) is 16.6. The van der Waals surface area contributed by atoms with Crippen LogP contribution in [0.4, 0.5) is 0 Å². The Morgan fingerprint density at radius 2 is 2.13 bits per heavy atom. The first-order valence-electron chi connectivity index (χ1n) is 10.0. The summed E-state index contributed by atoms with van der Waals surface area (Å²) in [5, 5.41) is 2.95. The van der Waals surface area contributed by atoms with Gasteiger partial charge in [0.2, 0.25) is 11.8 Å². The molecular formula is C21H22N6O3. The van der Waals surface area contributed by atoms with E-state index in [4.69, 9.17) is 0 Å². The van der Waals surface area contributed by atoms with Crippen LogP contribution in [-0.2, 0) is 16.1 Å². The number of carbonyl (C=O) groups is 2. The van der Waals surface area contributed by atoms with Gasteiger partial charge in [0.05, 0.1) is 18.4 Å². The number of hydrogen-bond acceptors (Lipinski definition) is 5. The number of nitrogens with zero attached hydrogens (tertiary/aromatic N) is 5. The summed E-state index contributed by atoms with van der Waals surface area (Å²) in [6.45, 7) is 2.86. The first kappa shape index (κ1) is 18.5. The Bertz CT molecular complexity index is 1170. The van der Waals surface area contributed by atoms with E-state index in [2.05, 4.69) is 15.3 Å². The molecule has 5 rings (SSSR count). The molecule has 2 amide bonds. The number of hydrogen-bond donors (Lipinski definition) is 1. The van der Waals surface area contributed by atoms with Gasteiger partial charge >= 0.3 is 0 Å². The summed E-state index contributed by atoms with van der Waals surface area (Å²) in [5.74, 6) is -0.274. The van der Waals surface area contributed by atoms with Crippen molar-refractivity contribution in [2.75, 3.05) is 13.1 Å². The van der Waals surface area contributed by atoms with Gasteiger partial charge in [0.15, 0.2) is 5.65 Å². The maximum absolute atomic E-state index is 13.3. The van der Waals surface area contributed by atoms with Gasteiger partial charge in [-0.15, -0.1) is 0 Å². The number of rotatable bonds is 3. The fourth-order valence-corrected chi connectivity index (χ4v) is 4.79. The van der Waals surface area contributed by atoms with E-state index in [0.717, 1.165) is 12.1 Å². The van der Waals surface area contributed by atoms with Crippen molar-refractivity contribution in [3.63, 3.8) is 0 Å². The van der Waals surface area contributed by atoms with Crippen molar-refractivity contribution < 1.29 is 9.59 Å². The molecule has 2 aliphatic rings. The number of fused-ring (bicyclic) bond motifs is 5. The molecule has 0 aliphatic carbocycles. The molecule has 2 bridgehead atoms. The number of amides is 2. The van der Waals surface area contributed by atoms with Crippen LogP contribution in [0.3, 0.4) is 0 Å². The van der Waals surface area contributed by atoms with E-state index in [9.17, 15) is 14.4 Å². The molecule has 0 spiro atoms. The molecule has 30 heavy (non-hydrogen) atoms. The molecule has 0 radical (unpaired) electrons. The van der Waals surface area contributed by atoms with Gasteiger partial charge in [0.1, 0.15) is 6.04 Å². The van der Waals surface area contributed by atoms with Gasteiger partial charge in [0, 0.05) is 62.2 Å². The topological polar surface area (TPSA) is 102 Å². The normalized spacial score (nSPS) is 22.6. The van der Waals surface area contributed by atoms with Crippen molar-refractivity contribution in [2.45, 2.75) is 31.8 Å². The van der Waals surface area contributed by atoms with Crippen molar-refractivity contribution in [2.24, 2.45) is 5.92 Å². The summed E-state index contributed by atoms with van der Waals surface area (Å²) in [6.07, 6.45) is 7.74. The van der Waals surface area contributed by atoms with Gasteiger partial charge in [0.25, 0.3) is 5.56 Å². The molecule has 1 saturated heterocycles. The number of likely N-dealkylation sites (tertiary alicyclic amines) is 1. The van der Waals surface area contributed by atoms with Crippen molar-refractivity contribution in [3.8, 4) is 0 Å². The fourth-order valence-electron chi connectivity index (χ4n) is 4.79. The summed E-state index contributed by atoms with van der Waals surface area (Å²) < 4.78 is 3.46. The SMILES string of the molecule is CC(=O)N1C[C@H]2C[C@@H](C1)[C@H](C(=O)NCc1cn3ccncc3n1)n1c2cccc1=O. The lowest BCUT2D eigenvalue weighted by Crippen LogP contribution is -2.54. The fraction of sp³-hybridized carbons (Fsp3) is 0.381. The van der Waals surface area contributed by atoms with Crippen LogP contribution in [0.15, 0.2) is 47.8 Å². The van der Waals surface area contributed by atoms with Crippen LogP contribution in [0, 0.1) is 5.92 Å². The zero-order valence-corrected chi connectivity index (χ0v) is 16.6. The van der Waals surface area contributed by atoms with E-state index in [1.54, 1.807) is 41.0 Å². The van der Waals surface area contributed by atoms with E-state index in [1.165, 1.54) is 6.07 Å². The molecule has 0 saturated carbocycles. The van der Waals surface area contributed by atoms with Crippen molar-refractivity contribution in [1.29, 1.82) is 0 Å². The maximum atomic E-state index is 13.3. The van der Waals surface area contributed by atoms with Crippen LogP contribution in [0.25, 0.3) is 5.65 Å². The minimum atomic E-state index is -0.647. The number of imidazole rings is 1. The van der Waals surface area contributed by atoms with Gasteiger partial charge in [-0.25, -0.2) is 4.98 Å². The predicted octanol–water partition coefficient (Wildman–Crippen LogP) is 0.714. The third-order valence-electron chi connectivity index (χ3n) is 6.12. The monoisotopic (exact) mass is 406 g/mol. The molecule has 3 aromatic rings. The summed E-state index contributed by atoms with van der Waals surface area (Å²) in [6, 6.07) is 4.45. The number of pyridine rings is 1. The molecule has 9 heteroatoms. The predicted molar refractivity (Wildman–Crippen MR) is 108 cm³/mol. The highest BCUT2D eigenvalue weighted by molar-refractivity contribution is 5.81. The highest BCUT2D eigenvalue weighted by Crippen LogP contribution is 2.41. The Hall–Kier alpha value is -3.49. The van der Waals surface area contributed by atoms with Gasteiger partial charge < -0.3 is 14.6 Å². The van der Waals surface area contributed by atoms with Gasteiger partial charge in [-0.2, -0.15) is 0 Å². The molecule has 154 valence electrons. The Kier molecular flexibility index (Phi) is 4.38. The number of nitrogens with one attached hydrogen (secondary N) is 1. The zero-order chi connectivity index (χ0) is 20.8. The quantitative estimate of drug-likeness (QED) is 0.690. The van der Waals surface area contributed by atoms with Crippen LogP contribution in [0.2, 0.25) is 0 Å². The van der Waals surface area contributed by atoms with E-state index < -0.39 is 6.04 Å². The van der Waals surface area contributed by atoms with Crippen molar-refractivity contribution in [1.82, 2.24) is 29.2 Å². The second kappa shape index (κ2) is 7.08. The first-order valence-corrected chi connectivity index (χ1v) is 10.0. The lowest BCUT2D eigenvalue weighted by molar-refractivity contribution is -0.135. The third-order valence-corrected chi connectivity index (χ3v) is 6.12. The van der Waals surface area contributed by atoms with Crippen LogP contribution >= 0.6 is 0 Å². The molecular weight excluding hydrogens is 384 g/mol. The summed E-state index contributed by atoms with van der Waals surface area (Å²) >= 11 is 0. The molecule has 9 nitrogen and oxygen atoms in total. The van der Waals surface area contributed by atoms with E-state index in [1.807, 2.05) is 16.7 Å². The molecule has 0 unspecified atom stereocenters. The minimum absolute atomic E-state index is 0.00565. The lowest BCUT2D eigenvalue weighted by Gasteiger charge is -2.46. The largest absolute Gasteiger partial charge is 0.349 e. The number of piperidine rings is 1. The van der Waals surface area contributed by atoms with Crippen LogP contribution in [-0.4, -0.2) is 48.7 Å². The standard InChI is InChI=1S/C21H22N6O3/c1-13(28)26-10-14-7-15(11-26)20(27-17(14)3-2-4-19(27)29)21(30)23-8-16-12-25-6-5-22-9-18(25)24-16/h2-6,9,12,14-15,20H,7-8,10-11H2,1H3,(H,23,30)/t14-,15+,20-/m1/s1. The molecule has 0 aromatic carbocycles. The molecule has 3 aromatic heterocycles. The van der Waals surface area contributed by atoms with Gasteiger partial charge in [-0.1, -0.05) is 6.07 Å². The maximum Gasteiger partial charge on any atom is 0.251 e. The number of aromatic nitrogens is 4. The second-order valence-corrected chi connectivity index (χ2v) is 8.01. The Balaban J connectivity index is 1.44. The second-order valence-electron chi connectivity index (χ2n) is 8.01. The van der Waals surface area contributed by atoms with Gasteiger partial charge in [-0.3, -0.25) is 23.9 Å². The summed E-state index contributed by atoms with van der Waals surface area (Å²) in [5.41, 5.74) is 2.05. The highest BCUT2D eigenvalue weighted by atomic mass is 16.2. The third kappa shape index (κ3) is 3.06. The summed E-state index contributed by atoms with van der Waals surface area (Å²) in [4.78, 5) is 48.3. The molecule has 5 heterocycles. The van der Waals surface area contributed by atoms with E-state index in [-0.39, 0.29) is 35.8 Å². The average Bonchev–Trinajstić information content (AvgIpc) is 3.16. The minimum Gasteiger partial charge on any atom is -0.349 e. The van der Waals surface area contributed by atoms with Crippen molar-refractivity contribution in [3.05, 3.63) is 64.7 Å². The Morgan fingerprint density at radius 3 is 2.93 bits per heavy atom. The Labute approximate surface area is 172 Å². The smallest absolute Gasteiger partial charge is 0.251 e. The summed E-state index contributed by atoms with van der Waals surface area (Å²) in [7, 11) is 0. The molecule has 2 aliphatic heterocycles.